The highest BCUT2D eigenvalue weighted by atomic mass is 16.3. The monoisotopic (exact) mass is 234 g/mol. The SMILES string of the molecule is Cc1ccc(C(=O)N/N=C2/CCCC(C)C2)o1. The molecular formula is C13H18N2O2. The minimum atomic E-state index is -0.274. The zero-order valence-electron chi connectivity index (χ0n) is 10.3. The number of hydrazone groups is 1. The average Bonchev–Trinajstić information content (AvgIpc) is 2.73. The number of hydrogen-bond acceptors (Lipinski definition) is 3. The molecule has 0 bridgehead atoms. The Labute approximate surface area is 101 Å². The number of nitrogens with one attached hydrogen (secondary N) is 1. The van der Waals surface area contributed by atoms with E-state index in [1.807, 2.05) is 6.92 Å². The standard InChI is InChI=1S/C13H18N2O2/c1-9-4-3-5-11(8-9)14-15-13(16)12-7-6-10(2)17-12/h6-7,9H,3-5,8H2,1-2H3,(H,15,16)/b14-11-. The van der Waals surface area contributed by atoms with Crippen LogP contribution in [0, 0.1) is 12.8 Å². The van der Waals surface area contributed by atoms with Gasteiger partial charge in [-0.1, -0.05) is 6.92 Å². The summed E-state index contributed by atoms with van der Waals surface area (Å²) >= 11 is 0. The molecule has 0 aromatic carbocycles. The average molecular weight is 234 g/mol. The van der Waals surface area contributed by atoms with E-state index < -0.39 is 0 Å². The van der Waals surface area contributed by atoms with Gasteiger partial charge in [0, 0.05) is 5.71 Å². The van der Waals surface area contributed by atoms with Gasteiger partial charge in [-0.3, -0.25) is 4.79 Å². The largest absolute Gasteiger partial charge is 0.456 e. The topological polar surface area (TPSA) is 54.6 Å². The summed E-state index contributed by atoms with van der Waals surface area (Å²) < 4.78 is 5.22. The van der Waals surface area contributed by atoms with Gasteiger partial charge in [-0.05, 0) is 50.7 Å². The summed E-state index contributed by atoms with van der Waals surface area (Å²) in [6.45, 7) is 4.03. The van der Waals surface area contributed by atoms with Crippen LogP contribution in [0.4, 0.5) is 0 Å². The van der Waals surface area contributed by atoms with E-state index in [1.54, 1.807) is 12.1 Å². The first-order chi connectivity index (χ1) is 8.15. The first-order valence-corrected chi connectivity index (χ1v) is 6.07. The van der Waals surface area contributed by atoms with Crippen LogP contribution in [-0.2, 0) is 0 Å². The smallest absolute Gasteiger partial charge is 0.307 e. The van der Waals surface area contributed by atoms with Gasteiger partial charge in [0.05, 0.1) is 0 Å². The van der Waals surface area contributed by atoms with E-state index in [-0.39, 0.29) is 5.91 Å². The van der Waals surface area contributed by atoms with E-state index in [0.717, 1.165) is 30.7 Å². The van der Waals surface area contributed by atoms with Gasteiger partial charge in [-0.2, -0.15) is 5.10 Å². The second-order valence-corrected chi connectivity index (χ2v) is 4.73. The fourth-order valence-corrected chi connectivity index (χ4v) is 2.10. The van der Waals surface area contributed by atoms with Gasteiger partial charge in [-0.25, -0.2) is 5.43 Å². The molecule has 1 fully saturated rings. The van der Waals surface area contributed by atoms with E-state index in [9.17, 15) is 4.79 Å². The molecule has 1 heterocycles. The molecule has 0 radical (unpaired) electrons. The van der Waals surface area contributed by atoms with Gasteiger partial charge < -0.3 is 4.42 Å². The second-order valence-electron chi connectivity index (χ2n) is 4.73. The van der Waals surface area contributed by atoms with Gasteiger partial charge in [0.1, 0.15) is 5.76 Å². The number of carbonyl (C=O) groups is 1. The maximum atomic E-state index is 11.7. The number of furan rings is 1. The summed E-state index contributed by atoms with van der Waals surface area (Å²) in [5.41, 5.74) is 3.64. The molecule has 4 heteroatoms. The van der Waals surface area contributed by atoms with Crippen molar-refractivity contribution >= 4 is 11.6 Å². The number of amides is 1. The Hall–Kier alpha value is -1.58. The molecule has 17 heavy (non-hydrogen) atoms. The number of rotatable bonds is 2. The Morgan fingerprint density at radius 2 is 2.35 bits per heavy atom. The number of hydrogen-bond donors (Lipinski definition) is 1. The van der Waals surface area contributed by atoms with Crippen molar-refractivity contribution in [2.45, 2.75) is 39.5 Å². The molecule has 1 aromatic heterocycles. The molecule has 0 saturated heterocycles. The normalized spacial score (nSPS) is 22.7. The lowest BCUT2D eigenvalue weighted by molar-refractivity contribution is 0.0925. The quantitative estimate of drug-likeness (QED) is 0.800. The second kappa shape index (κ2) is 5.17. The third kappa shape index (κ3) is 3.19. The fraction of sp³-hybridized carbons (Fsp3) is 0.538. The van der Waals surface area contributed by atoms with Crippen LogP contribution >= 0.6 is 0 Å². The van der Waals surface area contributed by atoms with Crippen LogP contribution in [0.15, 0.2) is 21.7 Å². The van der Waals surface area contributed by atoms with Crippen LogP contribution in [0.5, 0.6) is 0 Å². The Bertz CT molecular complexity index is 434. The molecule has 1 atom stereocenters. The number of aryl methyl sites for hydroxylation is 1. The molecule has 1 aliphatic carbocycles. The van der Waals surface area contributed by atoms with Crippen LogP contribution in [0.1, 0.15) is 48.9 Å². The Morgan fingerprint density at radius 1 is 1.53 bits per heavy atom. The highest BCUT2D eigenvalue weighted by Gasteiger charge is 2.15. The lowest BCUT2D eigenvalue weighted by atomic mass is 9.89. The van der Waals surface area contributed by atoms with Crippen molar-refractivity contribution < 1.29 is 9.21 Å². The van der Waals surface area contributed by atoms with Crippen molar-refractivity contribution in [2.24, 2.45) is 11.0 Å². The van der Waals surface area contributed by atoms with Crippen molar-refractivity contribution in [1.82, 2.24) is 5.43 Å². The molecule has 1 aliphatic rings. The lowest BCUT2D eigenvalue weighted by Gasteiger charge is -2.18. The first-order valence-electron chi connectivity index (χ1n) is 6.07. The minimum absolute atomic E-state index is 0.274. The Morgan fingerprint density at radius 3 is 3.00 bits per heavy atom. The molecule has 92 valence electrons. The van der Waals surface area contributed by atoms with Gasteiger partial charge in [0.25, 0.3) is 0 Å². The van der Waals surface area contributed by atoms with Gasteiger partial charge in [-0.15, -0.1) is 0 Å². The van der Waals surface area contributed by atoms with Crippen LogP contribution in [0.3, 0.4) is 0 Å². The molecule has 1 saturated carbocycles. The van der Waals surface area contributed by atoms with Crippen LogP contribution in [0.2, 0.25) is 0 Å². The minimum Gasteiger partial charge on any atom is -0.456 e. The number of nitrogens with zero attached hydrogens (tertiary/aromatic N) is 1. The van der Waals surface area contributed by atoms with E-state index >= 15 is 0 Å². The molecule has 1 unspecified atom stereocenters. The van der Waals surface area contributed by atoms with E-state index in [1.165, 1.54) is 6.42 Å². The zero-order valence-corrected chi connectivity index (χ0v) is 10.3. The molecule has 0 aliphatic heterocycles. The molecular weight excluding hydrogens is 216 g/mol. The van der Waals surface area contributed by atoms with Crippen LogP contribution in [-0.4, -0.2) is 11.6 Å². The molecule has 2 rings (SSSR count). The summed E-state index contributed by atoms with van der Waals surface area (Å²) in [5, 5.41) is 4.18. The third-order valence-corrected chi connectivity index (χ3v) is 3.03. The van der Waals surface area contributed by atoms with Gasteiger partial charge in [0.2, 0.25) is 0 Å². The number of carbonyl (C=O) groups excluding carboxylic acids is 1. The predicted molar refractivity (Wildman–Crippen MR) is 66.0 cm³/mol. The van der Waals surface area contributed by atoms with E-state index in [2.05, 4.69) is 17.5 Å². The summed E-state index contributed by atoms with van der Waals surface area (Å²) in [7, 11) is 0. The van der Waals surface area contributed by atoms with E-state index in [0.29, 0.717) is 11.7 Å². The van der Waals surface area contributed by atoms with Crippen LogP contribution in [0.25, 0.3) is 0 Å². The first kappa shape index (κ1) is 11.9. The maximum absolute atomic E-state index is 11.7. The Kier molecular flexibility index (Phi) is 3.61. The highest BCUT2D eigenvalue weighted by Crippen LogP contribution is 2.20. The van der Waals surface area contributed by atoms with Crippen molar-refractivity contribution in [3.8, 4) is 0 Å². The summed E-state index contributed by atoms with van der Waals surface area (Å²) in [5.74, 6) is 1.44. The summed E-state index contributed by atoms with van der Waals surface area (Å²) in [4.78, 5) is 11.7. The summed E-state index contributed by atoms with van der Waals surface area (Å²) in [6.07, 6.45) is 4.39. The molecule has 1 aromatic rings. The fourth-order valence-electron chi connectivity index (χ4n) is 2.10. The predicted octanol–water partition coefficient (Wildman–Crippen LogP) is 2.88. The maximum Gasteiger partial charge on any atom is 0.307 e. The van der Waals surface area contributed by atoms with E-state index in [4.69, 9.17) is 4.42 Å². The van der Waals surface area contributed by atoms with Crippen LogP contribution < -0.4 is 5.43 Å². The van der Waals surface area contributed by atoms with Crippen molar-refractivity contribution in [3.05, 3.63) is 23.7 Å². The Balaban J connectivity index is 1.93. The molecule has 1 N–H and O–H groups in total. The lowest BCUT2D eigenvalue weighted by Crippen LogP contribution is -2.21. The van der Waals surface area contributed by atoms with Gasteiger partial charge in [0.15, 0.2) is 5.76 Å². The highest BCUT2D eigenvalue weighted by molar-refractivity contribution is 5.93. The zero-order chi connectivity index (χ0) is 12.3. The van der Waals surface area contributed by atoms with Gasteiger partial charge >= 0.3 is 5.91 Å². The molecule has 0 spiro atoms. The van der Waals surface area contributed by atoms with Crippen molar-refractivity contribution in [2.75, 3.05) is 0 Å². The third-order valence-electron chi connectivity index (χ3n) is 3.03. The molecule has 4 nitrogen and oxygen atoms in total. The molecule has 1 amide bonds. The summed E-state index contributed by atoms with van der Waals surface area (Å²) in [6, 6.07) is 3.43. The van der Waals surface area contributed by atoms with Crippen molar-refractivity contribution in [1.29, 1.82) is 0 Å². The van der Waals surface area contributed by atoms with Crippen molar-refractivity contribution in [3.63, 3.8) is 0 Å².